The van der Waals surface area contributed by atoms with Crippen LogP contribution in [0.2, 0.25) is 0 Å². The molecule has 0 aromatic rings. The molecule has 0 spiro atoms. The van der Waals surface area contributed by atoms with E-state index in [1.54, 1.807) is 0 Å². The lowest BCUT2D eigenvalue weighted by Crippen LogP contribution is -2.54. The van der Waals surface area contributed by atoms with Gasteiger partial charge in [0.25, 0.3) is 0 Å². The molecule has 0 bridgehead atoms. The van der Waals surface area contributed by atoms with Crippen molar-refractivity contribution in [2.45, 2.75) is 0 Å². The molecule has 5 N–H and O–H groups in total. The Labute approximate surface area is 83.9 Å². The van der Waals surface area contributed by atoms with E-state index in [-0.39, 0.29) is 31.9 Å². The van der Waals surface area contributed by atoms with Gasteiger partial charge < -0.3 is 30.4 Å². The quantitative estimate of drug-likeness (QED) is 0.334. The van der Waals surface area contributed by atoms with Crippen molar-refractivity contribution >= 4 is 0 Å². The average molecular weight is 211 g/mol. The molecule has 0 radical (unpaired) electrons. The molecule has 88 valence electrons. The number of rotatable bonds is 8. The highest BCUT2D eigenvalue weighted by Gasteiger charge is 2.24. The third kappa shape index (κ3) is 5.48. The first kappa shape index (κ1) is 16.2. The van der Waals surface area contributed by atoms with E-state index in [2.05, 4.69) is 0 Å². The maximum atomic E-state index is 8.82. The van der Waals surface area contributed by atoms with Gasteiger partial charge >= 0.3 is 0 Å². The third-order valence-corrected chi connectivity index (χ3v) is 2.30. The fraction of sp³-hybridized carbons (Fsp3) is 1.00. The minimum atomic E-state index is 0. The highest BCUT2D eigenvalue weighted by atomic mass is 16.3. The standard InChI is InChI=1S/C8H20NO4.H2O/c10-5-1-9(2-6-11,3-7-12)4-8-13;/h10-13H,1-8H2;1H2/q+1;/p-1. The van der Waals surface area contributed by atoms with E-state index >= 15 is 0 Å². The van der Waals surface area contributed by atoms with Gasteiger partial charge in [-0.2, -0.15) is 0 Å². The summed E-state index contributed by atoms with van der Waals surface area (Å²) >= 11 is 0. The van der Waals surface area contributed by atoms with E-state index < -0.39 is 0 Å². The Kier molecular flexibility index (Phi) is 10.8. The van der Waals surface area contributed by atoms with Crippen molar-refractivity contribution in [3.8, 4) is 0 Å². The monoisotopic (exact) mass is 211 g/mol. The number of hydrogen-bond acceptors (Lipinski definition) is 5. The molecule has 0 rings (SSSR count). The first-order chi connectivity index (χ1) is 6.24. The first-order valence-electron chi connectivity index (χ1n) is 4.53. The van der Waals surface area contributed by atoms with Gasteiger partial charge in [0.1, 0.15) is 26.2 Å². The molecular formula is C8H21NO5. The largest absolute Gasteiger partial charge is 0.870 e. The molecule has 14 heavy (non-hydrogen) atoms. The predicted octanol–water partition coefficient (Wildman–Crippen LogP) is -2.40. The van der Waals surface area contributed by atoms with Crippen LogP contribution in [0.5, 0.6) is 0 Å². The fourth-order valence-corrected chi connectivity index (χ4v) is 1.52. The van der Waals surface area contributed by atoms with Crippen molar-refractivity contribution < 1.29 is 30.4 Å². The van der Waals surface area contributed by atoms with Crippen molar-refractivity contribution in [1.29, 1.82) is 0 Å². The highest BCUT2D eigenvalue weighted by molar-refractivity contribution is 4.44. The Hall–Kier alpha value is -0.240. The Morgan fingerprint density at radius 2 is 0.786 bits per heavy atom. The lowest BCUT2D eigenvalue weighted by molar-refractivity contribution is -0.929. The van der Waals surface area contributed by atoms with E-state index in [1.807, 2.05) is 0 Å². The Morgan fingerprint density at radius 3 is 0.929 bits per heavy atom. The van der Waals surface area contributed by atoms with Gasteiger partial charge in [-0.05, 0) is 0 Å². The molecule has 0 unspecified atom stereocenters. The molecule has 0 saturated heterocycles. The van der Waals surface area contributed by atoms with Gasteiger partial charge in [0.2, 0.25) is 0 Å². The molecule has 0 aromatic heterocycles. The number of aliphatic hydroxyl groups excluding tert-OH is 4. The molecule has 0 aliphatic carbocycles. The summed E-state index contributed by atoms with van der Waals surface area (Å²) in [5, 5.41) is 35.3. The van der Waals surface area contributed by atoms with Crippen LogP contribution in [0.15, 0.2) is 0 Å². The molecule has 0 amide bonds. The SMILES string of the molecule is OCC[N+](CCO)(CCO)CCO.[OH-]. The van der Waals surface area contributed by atoms with Crippen LogP contribution < -0.4 is 0 Å². The summed E-state index contributed by atoms with van der Waals surface area (Å²) in [7, 11) is 0. The van der Waals surface area contributed by atoms with E-state index in [0.29, 0.717) is 30.7 Å². The van der Waals surface area contributed by atoms with E-state index in [9.17, 15) is 0 Å². The van der Waals surface area contributed by atoms with Crippen molar-refractivity contribution in [2.24, 2.45) is 0 Å². The second kappa shape index (κ2) is 9.32. The molecule has 0 saturated carbocycles. The van der Waals surface area contributed by atoms with Gasteiger partial charge in [-0.25, -0.2) is 0 Å². The Balaban J connectivity index is 0. The molecule has 6 heteroatoms. The minimum Gasteiger partial charge on any atom is -0.870 e. The zero-order valence-electron chi connectivity index (χ0n) is 8.34. The minimum absolute atomic E-state index is 0. The third-order valence-electron chi connectivity index (χ3n) is 2.30. The maximum absolute atomic E-state index is 8.82. The first-order valence-corrected chi connectivity index (χ1v) is 4.53. The van der Waals surface area contributed by atoms with Gasteiger partial charge in [0.15, 0.2) is 0 Å². The normalized spacial score (nSPS) is 11.1. The highest BCUT2D eigenvalue weighted by Crippen LogP contribution is 2.04. The fourth-order valence-electron chi connectivity index (χ4n) is 1.52. The van der Waals surface area contributed by atoms with Crippen LogP contribution in [0.3, 0.4) is 0 Å². The lowest BCUT2D eigenvalue weighted by Gasteiger charge is -2.36. The summed E-state index contributed by atoms with van der Waals surface area (Å²) in [6.45, 7) is 1.84. The average Bonchev–Trinajstić information content (AvgIpc) is 2.06. The maximum Gasteiger partial charge on any atom is 0.102 e. The second-order valence-corrected chi connectivity index (χ2v) is 3.13. The van der Waals surface area contributed by atoms with Crippen molar-refractivity contribution in [2.75, 3.05) is 52.6 Å². The summed E-state index contributed by atoms with van der Waals surface area (Å²) in [5.74, 6) is 0. The smallest absolute Gasteiger partial charge is 0.102 e. The van der Waals surface area contributed by atoms with Crippen molar-refractivity contribution in [3.63, 3.8) is 0 Å². The van der Waals surface area contributed by atoms with Gasteiger partial charge in [0, 0.05) is 0 Å². The zero-order valence-corrected chi connectivity index (χ0v) is 8.34. The van der Waals surface area contributed by atoms with Gasteiger partial charge in [-0.3, -0.25) is 0 Å². The zero-order chi connectivity index (χ0) is 10.2. The summed E-state index contributed by atoms with van der Waals surface area (Å²) in [4.78, 5) is 0. The number of nitrogens with zero attached hydrogens (tertiary/aromatic N) is 1. The van der Waals surface area contributed by atoms with Gasteiger partial charge in [0.05, 0.1) is 26.4 Å². The Bertz CT molecular complexity index is 92.8. The summed E-state index contributed by atoms with van der Waals surface area (Å²) in [6, 6.07) is 0. The van der Waals surface area contributed by atoms with Crippen molar-refractivity contribution in [1.82, 2.24) is 0 Å². The molecule has 0 aliphatic heterocycles. The van der Waals surface area contributed by atoms with Gasteiger partial charge in [-0.1, -0.05) is 0 Å². The predicted molar refractivity (Wildman–Crippen MR) is 50.0 cm³/mol. The van der Waals surface area contributed by atoms with Crippen LogP contribution in [0.25, 0.3) is 0 Å². The number of aliphatic hydroxyl groups is 4. The van der Waals surface area contributed by atoms with Crippen molar-refractivity contribution in [3.05, 3.63) is 0 Å². The topological polar surface area (TPSA) is 111 Å². The Morgan fingerprint density at radius 1 is 0.571 bits per heavy atom. The summed E-state index contributed by atoms with van der Waals surface area (Å²) < 4.78 is 0.375. The molecule has 0 fully saturated rings. The molecular weight excluding hydrogens is 190 g/mol. The lowest BCUT2D eigenvalue weighted by atomic mass is 10.3. The van der Waals surface area contributed by atoms with Crippen LogP contribution in [0.1, 0.15) is 0 Å². The van der Waals surface area contributed by atoms with Crippen LogP contribution >= 0.6 is 0 Å². The number of quaternary nitrogens is 1. The van der Waals surface area contributed by atoms with Crippen LogP contribution in [-0.2, 0) is 0 Å². The van der Waals surface area contributed by atoms with Crippen LogP contribution in [0.4, 0.5) is 0 Å². The molecule has 0 atom stereocenters. The van der Waals surface area contributed by atoms with Gasteiger partial charge in [-0.15, -0.1) is 0 Å². The van der Waals surface area contributed by atoms with Crippen LogP contribution in [-0.4, -0.2) is 83.0 Å². The number of hydrogen-bond donors (Lipinski definition) is 4. The van der Waals surface area contributed by atoms with Crippen LogP contribution in [0, 0.1) is 0 Å². The molecule has 0 aromatic carbocycles. The molecule has 6 nitrogen and oxygen atoms in total. The summed E-state index contributed by atoms with van der Waals surface area (Å²) in [5.41, 5.74) is 0. The molecule has 0 heterocycles. The van der Waals surface area contributed by atoms with E-state index in [4.69, 9.17) is 20.4 Å². The van der Waals surface area contributed by atoms with E-state index in [1.165, 1.54) is 0 Å². The summed E-state index contributed by atoms with van der Waals surface area (Å²) in [6.07, 6.45) is 0. The van der Waals surface area contributed by atoms with E-state index in [0.717, 1.165) is 0 Å². The molecule has 0 aliphatic rings. The second-order valence-electron chi connectivity index (χ2n) is 3.13.